The van der Waals surface area contributed by atoms with Crippen molar-refractivity contribution in [1.82, 2.24) is 9.21 Å². The predicted molar refractivity (Wildman–Crippen MR) is 111 cm³/mol. The number of likely N-dealkylation sites (tertiary alicyclic amines) is 1. The molecular formula is C22H32N2O2S. The topological polar surface area (TPSA) is 40.6 Å². The predicted octanol–water partition coefficient (Wildman–Crippen LogP) is 3.40. The average Bonchev–Trinajstić information content (AvgIpc) is 3.37. The van der Waals surface area contributed by atoms with Crippen LogP contribution in [0.5, 0.6) is 0 Å². The Labute approximate surface area is 164 Å². The highest BCUT2D eigenvalue weighted by atomic mass is 32.2. The maximum atomic E-state index is 12.4. The minimum absolute atomic E-state index is 0.275. The van der Waals surface area contributed by atoms with Crippen LogP contribution in [0.1, 0.15) is 43.7 Å². The molecule has 4 nitrogen and oxygen atoms in total. The zero-order valence-corrected chi connectivity index (χ0v) is 17.3. The molecule has 2 saturated heterocycles. The molecule has 148 valence electrons. The Bertz CT molecular complexity index is 779. The van der Waals surface area contributed by atoms with Crippen LogP contribution in [0.2, 0.25) is 0 Å². The molecule has 0 N–H and O–H groups in total. The smallest absolute Gasteiger partial charge is 0.214 e. The van der Waals surface area contributed by atoms with Crippen LogP contribution in [0.15, 0.2) is 30.3 Å². The fourth-order valence-electron chi connectivity index (χ4n) is 4.96. The summed E-state index contributed by atoms with van der Waals surface area (Å²) >= 11 is 0. The van der Waals surface area contributed by atoms with Gasteiger partial charge in [-0.05, 0) is 67.8 Å². The molecule has 1 aromatic carbocycles. The Morgan fingerprint density at radius 1 is 1.07 bits per heavy atom. The minimum Gasteiger partial charge on any atom is -0.303 e. The van der Waals surface area contributed by atoms with Crippen molar-refractivity contribution in [1.29, 1.82) is 0 Å². The fourth-order valence-corrected chi connectivity index (χ4v) is 6.54. The number of benzene rings is 1. The Morgan fingerprint density at radius 2 is 1.81 bits per heavy atom. The van der Waals surface area contributed by atoms with Crippen LogP contribution in [0, 0.1) is 11.8 Å². The van der Waals surface area contributed by atoms with Crippen molar-refractivity contribution in [3.05, 3.63) is 41.5 Å². The van der Waals surface area contributed by atoms with Crippen molar-refractivity contribution in [2.45, 2.75) is 39.0 Å². The van der Waals surface area contributed by atoms with E-state index in [0.29, 0.717) is 31.3 Å². The maximum absolute atomic E-state index is 12.4. The molecule has 0 aromatic heterocycles. The van der Waals surface area contributed by atoms with Crippen molar-refractivity contribution < 1.29 is 8.42 Å². The van der Waals surface area contributed by atoms with E-state index in [2.05, 4.69) is 35.2 Å². The van der Waals surface area contributed by atoms with Crippen LogP contribution in [0.25, 0.3) is 5.57 Å². The zero-order valence-electron chi connectivity index (χ0n) is 16.4. The van der Waals surface area contributed by atoms with Crippen LogP contribution in [-0.4, -0.2) is 56.1 Å². The van der Waals surface area contributed by atoms with E-state index < -0.39 is 10.0 Å². The molecule has 4 rings (SSSR count). The highest BCUT2D eigenvalue weighted by molar-refractivity contribution is 7.89. The van der Waals surface area contributed by atoms with Crippen LogP contribution in [-0.2, 0) is 16.4 Å². The molecule has 27 heavy (non-hydrogen) atoms. The molecule has 2 unspecified atom stereocenters. The first-order valence-corrected chi connectivity index (χ1v) is 12.2. The Balaban J connectivity index is 1.39. The van der Waals surface area contributed by atoms with Gasteiger partial charge in [-0.1, -0.05) is 37.3 Å². The lowest BCUT2D eigenvalue weighted by molar-refractivity contribution is 0.343. The largest absolute Gasteiger partial charge is 0.303 e. The van der Waals surface area contributed by atoms with Gasteiger partial charge in [-0.25, -0.2) is 12.7 Å². The first-order valence-electron chi connectivity index (χ1n) is 10.6. The molecule has 0 radical (unpaired) electrons. The number of hydrogen-bond acceptors (Lipinski definition) is 3. The summed E-state index contributed by atoms with van der Waals surface area (Å²) in [7, 11) is -3.08. The number of nitrogens with zero attached hydrogens (tertiary/aromatic N) is 2. The summed E-state index contributed by atoms with van der Waals surface area (Å²) in [4.78, 5) is 2.56. The van der Waals surface area contributed by atoms with Gasteiger partial charge in [0.15, 0.2) is 0 Å². The summed E-state index contributed by atoms with van der Waals surface area (Å²) < 4.78 is 26.6. The van der Waals surface area contributed by atoms with Crippen molar-refractivity contribution in [2.24, 2.45) is 11.8 Å². The third kappa shape index (κ3) is 4.15. The second-order valence-corrected chi connectivity index (χ2v) is 10.5. The lowest BCUT2D eigenvalue weighted by atomic mass is 9.90. The minimum atomic E-state index is -3.08. The van der Waals surface area contributed by atoms with E-state index >= 15 is 0 Å². The van der Waals surface area contributed by atoms with Gasteiger partial charge in [0.25, 0.3) is 0 Å². The van der Waals surface area contributed by atoms with Crippen molar-refractivity contribution >= 4 is 15.6 Å². The van der Waals surface area contributed by atoms with E-state index in [-0.39, 0.29) is 5.75 Å². The summed E-state index contributed by atoms with van der Waals surface area (Å²) in [5.74, 6) is 1.10. The van der Waals surface area contributed by atoms with Crippen LogP contribution in [0.3, 0.4) is 0 Å². The molecule has 3 aliphatic rings. The van der Waals surface area contributed by atoms with Gasteiger partial charge in [-0.3, -0.25) is 0 Å². The molecule has 2 heterocycles. The van der Waals surface area contributed by atoms with Gasteiger partial charge in [-0.2, -0.15) is 0 Å². The molecule has 2 fully saturated rings. The van der Waals surface area contributed by atoms with Gasteiger partial charge in [0.05, 0.1) is 5.75 Å². The molecule has 2 aliphatic heterocycles. The van der Waals surface area contributed by atoms with Gasteiger partial charge >= 0.3 is 0 Å². The van der Waals surface area contributed by atoms with E-state index in [4.69, 9.17) is 0 Å². The first-order chi connectivity index (χ1) is 13.1. The Morgan fingerprint density at radius 3 is 2.52 bits per heavy atom. The summed E-state index contributed by atoms with van der Waals surface area (Å²) in [6, 6.07) is 9.02. The molecule has 0 bridgehead atoms. The molecule has 0 saturated carbocycles. The second-order valence-electron chi connectivity index (χ2n) is 8.39. The molecule has 5 heteroatoms. The van der Waals surface area contributed by atoms with E-state index in [0.717, 1.165) is 19.4 Å². The quantitative estimate of drug-likeness (QED) is 0.719. The zero-order chi connectivity index (χ0) is 18.9. The molecule has 0 amide bonds. The summed E-state index contributed by atoms with van der Waals surface area (Å²) in [6.45, 7) is 6.97. The Kier molecular flexibility index (Phi) is 5.72. The van der Waals surface area contributed by atoms with E-state index in [1.807, 2.05) is 6.92 Å². The van der Waals surface area contributed by atoms with Crippen molar-refractivity contribution in [3.63, 3.8) is 0 Å². The number of rotatable bonds is 7. The highest BCUT2D eigenvalue weighted by Gasteiger charge is 2.42. The lowest BCUT2D eigenvalue weighted by Gasteiger charge is -2.18. The third-order valence-electron chi connectivity index (χ3n) is 6.51. The number of allylic oxidation sites excluding steroid dienone is 1. The maximum Gasteiger partial charge on any atom is 0.214 e. The van der Waals surface area contributed by atoms with Gasteiger partial charge < -0.3 is 4.90 Å². The van der Waals surface area contributed by atoms with E-state index in [1.54, 1.807) is 4.31 Å². The fraction of sp³-hybridized carbons (Fsp3) is 0.636. The summed E-state index contributed by atoms with van der Waals surface area (Å²) in [5, 5.41) is 0. The van der Waals surface area contributed by atoms with Crippen LogP contribution < -0.4 is 0 Å². The third-order valence-corrected chi connectivity index (χ3v) is 8.51. The SMILES string of the molecule is CCCS(=O)(=O)N1CC2CC=C(c3ccc(CCN4CCCC4)cc3)C2C1. The lowest BCUT2D eigenvalue weighted by Crippen LogP contribution is -2.31. The Hall–Kier alpha value is -1.17. The number of hydrogen-bond donors (Lipinski definition) is 0. The second kappa shape index (κ2) is 8.06. The number of fused-ring (bicyclic) bond motifs is 1. The molecular weight excluding hydrogens is 356 g/mol. The normalized spacial score (nSPS) is 26.5. The first kappa shape index (κ1) is 19.2. The molecule has 2 atom stereocenters. The molecule has 1 aromatic rings. The van der Waals surface area contributed by atoms with Gasteiger partial charge in [0.2, 0.25) is 10.0 Å². The summed E-state index contributed by atoms with van der Waals surface area (Å²) in [6.07, 6.45) is 7.86. The van der Waals surface area contributed by atoms with E-state index in [1.165, 1.54) is 42.6 Å². The monoisotopic (exact) mass is 388 g/mol. The van der Waals surface area contributed by atoms with E-state index in [9.17, 15) is 8.42 Å². The van der Waals surface area contributed by atoms with Crippen molar-refractivity contribution in [3.8, 4) is 0 Å². The van der Waals surface area contributed by atoms with Crippen LogP contribution in [0.4, 0.5) is 0 Å². The van der Waals surface area contributed by atoms with Gasteiger partial charge in [0, 0.05) is 25.6 Å². The highest BCUT2D eigenvalue weighted by Crippen LogP contribution is 2.43. The molecule has 1 aliphatic carbocycles. The number of sulfonamides is 1. The van der Waals surface area contributed by atoms with Gasteiger partial charge in [0.1, 0.15) is 0 Å². The molecule has 0 spiro atoms. The van der Waals surface area contributed by atoms with Crippen LogP contribution >= 0.6 is 0 Å². The summed E-state index contributed by atoms with van der Waals surface area (Å²) in [5.41, 5.74) is 4.04. The van der Waals surface area contributed by atoms with Crippen molar-refractivity contribution in [2.75, 3.05) is 38.5 Å². The average molecular weight is 389 g/mol. The standard InChI is InChI=1S/C22H32N2O2S/c1-2-15-27(25,26)24-16-20-9-10-21(22(20)17-24)19-7-5-18(6-8-19)11-14-23-12-3-4-13-23/h5-8,10,20,22H,2-4,9,11-17H2,1H3. The van der Waals surface area contributed by atoms with Gasteiger partial charge in [-0.15, -0.1) is 0 Å².